The summed E-state index contributed by atoms with van der Waals surface area (Å²) in [7, 11) is 2.08. The number of likely N-dealkylation sites (tertiary alicyclic amines) is 1. The normalized spacial score (nSPS) is 18.0. The molecule has 0 atom stereocenters. The number of halogens is 1. The monoisotopic (exact) mass is 428 g/mol. The number of carbonyl (C=O) groups excluding carboxylic acids is 1. The first-order chi connectivity index (χ1) is 14.0. The number of carbonyl (C=O) groups is 2. The highest BCUT2D eigenvalue weighted by Gasteiger charge is 2.48. The van der Waals surface area contributed by atoms with Gasteiger partial charge in [0.1, 0.15) is 5.75 Å². The van der Waals surface area contributed by atoms with E-state index in [0.29, 0.717) is 23.4 Å². The smallest absolute Gasteiger partial charge is 0.328 e. The van der Waals surface area contributed by atoms with E-state index in [2.05, 4.69) is 11.9 Å². The van der Waals surface area contributed by atoms with Crippen LogP contribution in [0.5, 0.6) is 5.75 Å². The summed E-state index contributed by atoms with van der Waals surface area (Å²) in [4.78, 5) is 28.5. The lowest BCUT2D eigenvalue weighted by Crippen LogP contribution is -2.62. The maximum atomic E-state index is 13.6. The number of rotatable bonds is 4. The van der Waals surface area contributed by atoms with Crippen LogP contribution in [-0.2, 0) is 11.3 Å². The highest BCUT2D eigenvalue weighted by molar-refractivity contribution is 5.99. The first-order valence-electron chi connectivity index (χ1n) is 9.75. The molecular weight excluding hydrogens is 404 g/mol. The van der Waals surface area contributed by atoms with Crippen LogP contribution in [0.3, 0.4) is 0 Å². The zero-order valence-electron chi connectivity index (χ0n) is 16.8. The quantitative estimate of drug-likeness (QED) is 0.752. The molecule has 1 amide bonds. The fourth-order valence-electron chi connectivity index (χ4n) is 3.99. The third-order valence-corrected chi connectivity index (χ3v) is 5.64. The van der Waals surface area contributed by atoms with Crippen molar-refractivity contribution < 1.29 is 19.4 Å². The molecule has 6 nitrogen and oxygen atoms in total. The average molecular weight is 429 g/mol. The van der Waals surface area contributed by atoms with Crippen molar-refractivity contribution in [3.8, 4) is 5.75 Å². The van der Waals surface area contributed by atoms with Gasteiger partial charge in [0.05, 0.1) is 5.56 Å². The fraction of sp³-hybridized carbons (Fsp3) is 0.304. The summed E-state index contributed by atoms with van der Waals surface area (Å²) in [6.07, 6.45) is 4.03. The second-order valence-corrected chi connectivity index (χ2v) is 7.66. The van der Waals surface area contributed by atoms with E-state index >= 15 is 0 Å². The number of fused-ring (bicyclic) bond motifs is 1. The van der Waals surface area contributed by atoms with Gasteiger partial charge in [-0.2, -0.15) is 0 Å². The minimum atomic E-state index is -1.03. The second kappa shape index (κ2) is 8.90. The Kier molecular flexibility index (Phi) is 6.48. The number of piperidine rings is 1. The van der Waals surface area contributed by atoms with Crippen molar-refractivity contribution in [2.24, 2.45) is 0 Å². The van der Waals surface area contributed by atoms with Crippen LogP contribution >= 0.6 is 12.4 Å². The lowest BCUT2D eigenvalue weighted by Gasteiger charge is -2.50. The van der Waals surface area contributed by atoms with Gasteiger partial charge in [-0.15, -0.1) is 12.4 Å². The van der Waals surface area contributed by atoms with Gasteiger partial charge in [-0.1, -0.05) is 36.4 Å². The summed E-state index contributed by atoms with van der Waals surface area (Å²) in [6.45, 7) is 2.18. The van der Waals surface area contributed by atoms with Gasteiger partial charge in [-0.25, -0.2) is 4.79 Å². The number of hydrogen-bond acceptors (Lipinski definition) is 4. The fourth-order valence-corrected chi connectivity index (χ4v) is 3.99. The SMILES string of the molecule is CN1CCC2(CC1)Oc1ccc(/C=C/C(=O)O)cc1C(=O)N2Cc1ccccc1.Cl. The standard InChI is InChI=1S/C23H24N2O4.ClH/c1-24-13-11-23(12-14-24)25(16-18-5-3-2-4-6-18)22(28)19-15-17(8-10-21(26)27)7-9-20(19)29-23;/h2-10,15H,11-14,16H2,1H3,(H,26,27);1H/b10-8+;. The van der Waals surface area contributed by atoms with Crippen LogP contribution in [-0.4, -0.2) is 52.6 Å². The molecule has 4 rings (SSSR count). The third kappa shape index (κ3) is 4.35. The van der Waals surface area contributed by atoms with Crippen LogP contribution < -0.4 is 4.74 Å². The van der Waals surface area contributed by atoms with Gasteiger partial charge in [0, 0.05) is 38.6 Å². The number of carboxylic acid groups (broad SMARTS) is 1. The second-order valence-electron chi connectivity index (χ2n) is 7.66. The van der Waals surface area contributed by atoms with Crippen molar-refractivity contribution in [2.75, 3.05) is 20.1 Å². The summed E-state index contributed by atoms with van der Waals surface area (Å²) < 4.78 is 6.48. The topological polar surface area (TPSA) is 70.1 Å². The number of benzene rings is 2. The minimum Gasteiger partial charge on any atom is -0.478 e. The third-order valence-electron chi connectivity index (χ3n) is 5.64. The Morgan fingerprint density at radius 3 is 2.53 bits per heavy atom. The van der Waals surface area contributed by atoms with Crippen LogP contribution in [0.2, 0.25) is 0 Å². The van der Waals surface area contributed by atoms with E-state index in [9.17, 15) is 9.59 Å². The molecule has 0 radical (unpaired) electrons. The highest BCUT2D eigenvalue weighted by atomic mass is 35.5. The van der Waals surface area contributed by atoms with Gasteiger partial charge in [0.25, 0.3) is 5.91 Å². The Labute approximate surface area is 182 Å². The van der Waals surface area contributed by atoms with Crippen molar-refractivity contribution in [1.29, 1.82) is 0 Å². The van der Waals surface area contributed by atoms with E-state index in [4.69, 9.17) is 9.84 Å². The van der Waals surface area contributed by atoms with E-state index in [1.54, 1.807) is 18.2 Å². The van der Waals surface area contributed by atoms with Gasteiger partial charge < -0.3 is 14.7 Å². The molecule has 1 N–H and O–H groups in total. The number of hydrogen-bond donors (Lipinski definition) is 1. The molecule has 2 aromatic carbocycles. The molecule has 2 aromatic rings. The Balaban J connectivity index is 0.00000256. The first kappa shape index (κ1) is 21.9. The van der Waals surface area contributed by atoms with Crippen molar-refractivity contribution in [2.45, 2.75) is 25.1 Å². The molecule has 2 aliphatic rings. The van der Waals surface area contributed by atoms with E-state index in [-0.39, 0.29) is 18.3 Å². The van der Waals surface area contributed by atoms with Gasteiger partial charge in [-0.05, 0) is 36.4 Å². The van der Waals surface area contributed by atoms with E-state index in [1.807, 2.05) is 35.2 Å². The van der Waals surface area contributed by atoms with Crippen molar-refractivity contribution in [3.63, 3.8) is 0 Å². The zero-order chi connectivity index (χ0) is 20.4. The largest absolute Gasteiger partial charge is 0.478 e. The summed E-state index contributed by atoms with van der Waals surface area (Å²) in [5.74, 6) is -0.539. The summed E-state index contributed by atoms with van der Waals surface area (Å²) in [6, 6.07) is 15.2. The highest BCUT2D eigenvalue weighted by Crippen LogP contribution is 2.40. The predicted octanol–water partition coefficient (Wildman–Crippen LogP) is 3.66. The van der Waals surface area contributed by atoms with Gasteiger partial charge in [0.2, 0.25) is 0 Å². The zero-order valence-corrected chi connectivity index (χ0v) is 17.6. The van der Waals surface area contributed by atoms with Gasteiger partial charge >= 0.3 is 5.97 Å². The van der Waals surface area contributed by atoms with E-state index in [1.165, 1.54) is 6.08 Å². The van der Waals surface area contributed by atoms with Crippen LogP contribution in [0.15, 0.2) is 54.6 Å². The number of aliphatic carboxylic acids is 1. The van der Waals surface area contributed by atoms with Crippen molar-refractivity contribution in [3.05, 3.63) is 71.3 Å². The maximum Gasteiger partial charge on any atom is 0.328 e. The lowest BCUT2D eigenvalue weighted by molar-refractivity contribution is -0.131. The molecular formula is C23H25ClN2O4. The van der Waals surface area contributed by atoms with Crippen LogP contribution in [0.4, 0.5) is 0 Å². The van der Waals surface area contributed by atoms with Crippen LogP contribution in [0.25, 0.3) is 6.08 Å². The molecule has 158 valence electrons. The molecule has 2 aliphatic heterocycles. The number of nitrogens with zero attached hydrogens (tertiary/aromatic N) is 2. The average Bonchev–Trinajstić information content (AvgIpc) is 2.73. The number of amides is 1. The Hall–Kier alpha value is -2.83. The molecule has 0 bridgehead atoms. The van der Waals surface area contributed by atoms with E-state index < -0.39 is 11.7 Å². The minimum absolute atomic E-state index is 0. The molecule has 0 saturated carbocycles. The molecule has 1 spiro atoms. The van der Waals surface area contributed by atoms with Crippen molar-refractivity contribution >= 4 is 30.4 Å². The molecule has 0 aromatic heterocycles. The Bertz CT molecular complexity index is 953. The molecule has 1 fully saturated rings. The summed E-state index contributed by atoms with van der Waals surface area (Å²) in [5.41, 5.74) is 1.51. The molecule has 30 heavy (non-hydrogen) atoms. The Morgan fingerprint density at radius 2 is 1.87 bits per heavy atom. The predicted molar refractivity (Wildman–Crippen MR) is 117 cm³/mol. The molecule has 2 heterocycles. The maximum absolute atomic E-state index is 13.6. The number of ether oxygens (including phenoxy) is 1. The van der Waals surface area contributed by atoms with Crippen LogP contribution in [0, 0.1) is 0 Å². The molecule has 1 saturated heterocycles. The lowest BCUT2D eigenvalue weighted by atomic mass is 9.93. The van der Waals surface area contributed by atoms with Gasteiger partial charge in [-0.3, -0.25) is 9.69 Å². The molecule has 7 heteroatoms. The van der Waals surface area contributed by atoms with Crippen molar-refractivity contribution in [1.82, 2.24) is 9.80 Å². The van der Waals surface area contributed by atoms with Crippen LogP contribution in [0.1, 0.15) is 34.3 Å². The number of carboxylic acids is 1. The first-order valence-corrected chi connectivity index (χ1v) is 9.75. The molecule has 0 unspecified atom stereocenters. The summed E-state index contributed by atoms with van der Waals surface area (Å²) >= 11 is 0. The Morgan fingerprint density at radius 1 is 1.17 bits per heavy atom. The molecule has 0 aliphatic carbocycles. The van der Waals surface area contributed by atoms with Gasteiger partial charge in [0.15, 0.2) is 5.72 Å². The van der Waals surface area contributed by atoms with E-state index in [0.717, 1.165) is 37.6 Å². The summed E-state index contributed by atoms with van der Waals surface area (Å²) in [5, 5.41) is 8.87.